The Hall–Kier alpha value is -2.99. The van der Waals surface area contributed by atoms with Crippen molar-refractivity contribution in [1.29, 1.82) is 0 Å². The lowest BCUT2D eigenvalue weighted by atomic mass is 9.95. The van der Waals surface area contributed by atoms with Crippen molar-refractivity contribution in [3.8, 4) is 22.8 Å². The van der Waals surface area contributed by atoms with Crippen LogP contribution in [0, 0.1) is 0 Å². The first-order valence-electron chi connectivity index (χ1n) is 10.7. The maximum Gasteiger partial charge on any atom is 0.244 e. The van der Waals surface area contributed by atoms with E-state index in [-0.39, 0.29) is 11.9 Å². The number of aromatic nitrogens is 1. The first kappa shape index (κ1) is 21.2. The number of ether oxygens (including phenoxy) is 2. The van der Waals surface area contributed by atoms with Crippen LogP contribution < -0.4 is 14.4 Å². The Bertz CT molecular complexity index is 1120. The van der Waals surface area contributed by atoms with Crippen LogP contribution in [0.3, 0.4) is 0 Å². The van der Waals surface area contributed by atoms with E-state index in [1.54, 1.807) is 14.2 Å². The SMILES string of the molecule is COc1ccc(-c2[nH]c3ccc(N4CCC(N(C)C)C4=O)cc3c2C(C)C)cc1OC. The summed E-state index contributed by atoms with van der Waals surface area (Å²) in [4.78, 5) is 20.4. The first-order valence-corrected chi connectivity index (χ1v) is 10.7. The molecule has 1 atom stereocenters. The van der Waals surface area contributed by atoms with E-state index >= 15 is 0 Å². The molecule has 1 fully saturated rings. The Morgan fingerprint density at radius 1 is 1.06 bits per heavy atom. The van der Waals surface area contributed by atoms with Crippen LogP contribution in [-0.4, -0.2) is 56.7 Å². The molecule has 1 aliphatic heterocycles. The number of anilines is 1. The summed E-state index contributed by atoms with van der Waals surface area (Å²) >= 11 is 0. The number of likely N-dealkylation sites (N-methyl/N-ethyl adjacent to an activating group) is 1. The second-order valence-corrected chi connectivity index (χ2v) is 8.63. The predicted molar refractivity (Wildman–Crippen MR) is 125 cm³/mol. The standard InChI is InChI=1S/C25H31N3O3/c1-15(2)23-18-14-17(28-12-11-20(25(28)29)27(3)4)8-9-19(18)26-24(23)16-7-10-21(30-5)22(13-16)31-6/h7-10,13-15,20,26H,11-12H2,1-6H3. The monoisotopic (exact) mass is 421 g/mol. The number of nitrogens with zero attached hydrogens (tertiary/aromatic N) is 2. The minimum Gasteiger partial charge on any atom is -0.493 e. The van der Waals surface area contributed by atoms with Gasteiger partial charge in [-0.15, -0.1) is 0 Å². The zero-order valence-electron chi connectivity index (χ0n) is 19.2. The highest BCUT2D eigenvalue weighted by Gasteiger charge is 2.34. The molecular formula is C25H31N3O3. The summed E-state index contributed by atoms with van der Waals surface area (Å²) in [5, 5.41) is 1.15. The second kappa shape index (κ2) is 8.27. The normalized spacial score (nSPS) is 16.7. The molecule has 0 bridgehead atoms. The van der Waals surface area contributed by atoms with E-state index in [0.717, 1.165) is 40.8 Å². The number of benzene rings is 2. The molecule has 1 saturated heterocycles. The highest BCUT2D eigenvalue weighted by molar-refractivity contribution is 6.02. The fraction of sp³-hybridized carbons (Fsp3) is 0.400. The number of amides is 1. The summed E-state index contributed by atoms with van der Waals surface area (Å²) in [6, 6.07) is 12.2. The van der Waals surface area contributed by atoms with Crippen LogP contribution in [0.15, 0.2) is 36.4 Å². The minimum atomic E-state index is -0.0474. The van der Waals surface area contributed by atoms with Gasteiger partial charge >= 0.3 is 0 Å². The smallest absolute Gasteiger partial charge is 0.244 e. The quantitative estimate of drug-likeness (QED) is 0.630. The van der Waals surface area contributed by atoms with Crippen LogP contribution in [0.2, 0.25) is 0 Å². The van der Waals surface area contributed by atoms with Crippen LogP contribution >= 0.6 is 0 Å². The van der Waals surface area contributed by atoms with Crippen molar-refractivity contribution in [2.45, 2.75) is 32.2 Å². The number of nitrogens with one attached hydrogen (secondary N) is 1. The Balaban J connectivity index is 1.81. The summed E-state index contributed by atoms with van der Waals surface area (Å²) in [5.41, 5.74) is 5.38. The largest absolute Gasteiger partial charge is 0.493 e. The lowest BCUT2D eigenvalue weighted by Gasteiger charge is -2.20. The number of methoxy groups -OCH3 is 2. The van der Waals surface area contributed by atoms with E-state index < -0.39 is 0 Å². The fourth-order valence-electron chi connectivity index (χ4n) is 4.59. The number of rotatable bonds is 6. The summed E-state index contributed by atoms with van der Waals surface area (Å²) in [6.07, 6.45) is 0.852. The predicted octanol–water partition coefficient (Wildman–Crippen LogP) is 4.64. The van der Waals surface area contributed by atoms with Crippen molar-refractivity contribution in [3.63, 3.8) is 0 Å². The van der Waals surface area contributed by atoms with Crippen molar-refractivity contribution >= 4 is 22.5 Å². The van der Waals surface area contributed by atoms with Crippen LogP contribution in [0.5, 0.6) is 11.5 Å². The zero-order chi connectivity index (χ0) is 22.3. The molecule has 0 spiro atoms. The van der Waals surface area contributed by atoms with Gasteiger partial charge in [0, 0.05) is 28.7 Å². The molecule has 1 aliphatic rings. The topological polar surface area (TPSA) is 57.8 Å². The van der Waals surface area contributed by atoms with Gasteiger partial charge in [0.1, 0.15) is 0 Å². The van der Waals surface area contributed by atoms with Gasteiger partial charge in [0.05, 0.1) is 26.0 Å². The minimum absolute atomic E-state index is 0.0474. The molecule has 6 nitrogen and oxygen atoms in total. The Kier molecular flexibility index (Phi) is 5.67. The Morgan fingerprint density at radius 2 is 1.81 bits per heavy atom. The van der Waals surface area contributed by atoms with Gasteiger partial charge < -0.3 is 19.4 Å². The maximum absolute atomic E-state index is 12.9. The van der Waals surface area contributed by atoms with E-state index in [4.69, 9.17) is 9.47 Å². The third kappa shape index (κ3) is 3.65. The summed E-state index contributed by atoms with van der Waals surface area (Å²) in [5.74, 6) is 1.88. The van der Waals surface area contributed by atoms with Gasteiger partial charge in [-0.3, -0.25) is 9.69 Å². The molecule has 2 aromatic carbocycles. The molecule has 0 aliphatic carbocycles. The van der Waals surface area contributed by atoms with Crippen molar-refractivity contribution in [3.05, 3.63) is 42.0 Å². The maximum atomic E-state index is 12.9. The van der Waals surface area contributed by atoms with Gasteiger partial charge in [-0.1, -0.05) is 13.8 Å². The van der Waals surface area contributed by atoms with Crippen LogP contribution in [-0.2, 0) is 4.79 Å². The highest BCUT2D eigenvalue weighted by Crippen LogP contribution is 2.40. The van der Waals surface area contributed by atoms with E-state index in [0.29, 0.717) is 17.4 Å². The van der Waals surface area contributed by atoms with Gasteiger partial charge in [0.2, 0.25) is 5.91 Å². The molecule has 31 heavy (non-hydrogen) atoms. The lowest BCUT2D eigenvalue weighted by molar-refractivity contribution is -0.120. The Labute approximate surface area is 183 Å². The molecule has 4 rings (SSSR count). The van der Waals surface area contributed by atoms with Crippen molar-refractivity contribution in [2.24, 2.45) is 0 Å². The number of aromatic amines is 1. The third-order valence-electron chi connectivity index (χ3n) is 6.18. The van der Waals surface area contributed by atoms with Crippen molar-refractivity contribution in [1.82, 2.24) is 9.88 Å². The number of H-pyrrole nitrogens is 1. The summed E-state index contributed by atoms with van der Waals surface area (Å²) in [7, 11) is 7.22. The molecule has 1 N–H and O–H groups in total. The fourth-order valence-corrected chi connectivity index (χ4v) is 4.59. The van der Waals surface area contributed by atoms with Crippen molar-refractivity contribution in [2.75, 3.05) is 39.8 Å². The molecule has 1 unspecified atom stereocenters. The molecule has 1 amide bonds. The van der Waals surface area contributed by atoms with Gasteiger partial charge in [-0.2, -0.15) is 0 Å². The van der Waals surface area contributed by atoms with E-state index in [1.165, 1.54) is 5.56 Å². The summed E-state index contributed by atoms with van der Waals surface area (Å²) < 4.78 is 10.9. The average molecular weight is 422 g/mol. The molecule has 0 radical (unpaired) electrons. The molecule has 3 aromatic rings. The van der Waals surface area contributed by atoms with E-state index in [1.807, 2.05) is 48.2 Å². The van der Waals surface area contributed by atoms with Gasteiger partial charge in [-0.05, 0) is 68.4 Å². The number of carbonyl (C=O) groups is 1. The number of carbonyl (C=O) groups excluding carboxylic acids is 1. The second-order valence-electron chi connectivity index (χ2n) is 8.63. The van der Waals surface area contributed by atoms with Gasteiger partial charge in [0.25, 0.3) is 0 Å². The van der Waals surface area contributed by atoms with Gasteiger partial charge in [-0.25, -0.2) is 0 Å². The van der Waals surface area contributed by atoms with Crippen molar-refractivity contribution < 1.29 is 14.3 Å². The Morgan fingerprint density at radius 3 is 2.42 bits per heavy atom. The molecular weight excluding hydrogens is 390 g/mol. The molecule has 6 heteroatoms. The summed E-state index contributed by atoms with van der Waals surface area (Å²) in [6.45, 7) is 5.14. The van der Waals surface area contributed by atoms with Gasteiger partial charge in [0.15, 0.2) is 11.5 Å². The van der Waals surface area contributed by atoms with E-state index in [9.17, 15) is 4.79 Å². The number of hydrogen-bond acceptors (Lipinski definition) is 4. The van der Waals surface area contributed by atoms with Crippen LogP contribution in [0.1, 0.15) is 31.7 Å². The average Bonchev–Trinajstić information content (AvgIpc) is 3.33. The molecule has 0 saturated carbocycles. The molecule has 164 valence electrons. The zero-order valence-corrected chi connectivity index (χ0v) is 19.2. The number of hydrogen-bond donors (Lipinski definition) is 1. The highest BCUT2D eigenvalue weighted by atomic mass is 16.5. The molecule has 1 aromatic heterocycles. The third-order valence-corrected chi connectivity index (χ3v) is 6.18. The van der Waals surface area contributed by atoms with Crippen LogP contribution in [0.25, 0.3) is 22.2 Å². The molecule has 2 heterocycles. The lowest BCUT2D eigenvalue weighted by Crippen LogP contribution is -2.37. The first-order chi connectivity index (χ1) is 14.8. The van der Waals surface area contributed by atoms with E-state index in [2.05, 4.69) is 31.0 Å². The van der Waals surface area contributed by atoms with Crippen LogP contribution in [0.4, 0.5) is 5.69 Å². The number of fused-ring (bicyclic) bond motifs is 1.